The van der Waals surface area contributed by atoms with Crippen molar-refractivity contribution in [3.63, 3.8) is 0 Å². The Kier molecular flexibility index (Phi) is 1.46. The van der Waals surface area contributed by atoms with E-state index in [1.54, 1.807) is 0 Å². The minimum Gasteiger partial charge on any atom is -0.375 e. The van der Waals surface area contributed by atoms with Gasteiger partial charge >= 0.3 is 0 Å². The molecule has 0 aromatic carbocycles. The third-order valence-corrected chi connectivity index (χ3v) is 2.49. The monoisotopic (exact) mass is 126 g/mol. The van der Waals surface area contributed by atoms with Gasteiger partial charge in [0.05, 0.1) is 12.2 Å². The van der Waals surface area contributed by atoms with Crippen LogP contribution in [0.3, 0.4) is 0 Å². The smallest absolute Gasteiger partial charge is 0.0579 e. The van der Waals surface area contributed by atoms with Gasteiger partial charge in [-0.25, -0.2) is 0 Å². The molecule has 2 rings (SSSR count). The molecule has 0 amide bonds. The average molecular weight is 126 g/mol. The van der Waals surface area contributed by atoms with Crippen LogP contribution in [0.4, 0.5) is 0 Å². The highest BCUT2D eigenvalue weighted by Gasteiger charge is 2.25. The lowest BCUT2D eigenvalue weighted by Crippen LogP contribution is -2.31. The summed E-state index contributed by atoms with van der Waals surface area (Å²) in [5.74, 6) is 0. The molecule has 1 heteroatoms. The molecule has 0 radical (unpaired) electrons. The third kappa shape index (κ3) is 1.11. The molecule has 0 N–H and O–H groups in total. The molecular formula is C8H14O. The van der Waals surface area contributed by atoms with E-state index in [1.807, 2.05) is 0 Å². The predicted molar refractivity (Wildman–Crippen MR) is 36.4 cm³/mol. The summed E-state index contributed by atoms with van der Waals surface area (Å²) in [5.41, 5.74) is 0. The van der Waals surface area contributed by atoms with Crippen LogP contribution < -0.4 is 0 Å². The fourth-order valence-corrected chi connectivity index (χ4v) is 1.98. The first-order valence-corrected chi connectivity index (χ1v) is 4.10. The van der Waals surface area contributed by atoms with Crippen molar-refractivity contribution in [2.24, 2.45) is 0 Å². The number of rotatable bonds is 0. The van der Waals surface area contributed by atoms with Crippen molar-refractivity contribution in [1.29, 1.82) is 0 Å². The van der Waals surface area contributed by atoms with Crippen molar-refractivity contribution in [2.45, 2.75) is 50.7 Å². The maximum Gasteiger partial charge on any atom is 0.0579 e. The lowest BCUT2D eigenvalue weighted by molar-refractivity contribution is -0.0823. The SMILES string of the molecule is C1CC2CCCC(C1)O2. The Labute approximate surface area is 56.4 Å². The second kappa shape index (κ2) is 2.30. The Morgan fingerprint density at radius 2 is 1.22 bits per heavy atom. The Balaban J connectivity index is 1.96. The van der Waals surface area contributed by atoms with E-state index in [0.29, 0.717) is 12.2 Å². The highest BCUT2D eigenvalue weighted by molar-refractivity contribution is 4.76. The minimum absolute atomic E-state index is 0.650. The van der Waals surface area contributed by atoms with Gasteiger partial charge < -0.3 is 4.74 Å². The summed E-state index contributed by atoms with van der Waals surface area (Å²) in [4.78, 5) is 0. The van der Waals surface area contributed by atoms with Crippen molar-refractivity contribution in [1.82, 2.24) is 0 Å². The van der Waals surface area contributed by atoms with E-state index in [1.165, 1.54) is 38.5 Å². The van der Waals surface area contributed by atoms with Crippen LogP contribution >= 0.6 is 0 Å². The summed E-state index contributed by atoms with van der Waals surface area (Å²) in [6.07, 6.45) is 9.44. The van der Waals surface area contributed by atoms with Gasteiger partial charge in [-0.15, -0.1) is 0 Å². The molecule has 2 aliphatic rings. The molecule has 2 heterocycles. The van der Waals surface area contributed by atoms with Crippen molar-refractivity contribution in [3.05, 3.63) is 0 Å². The zero-order valence-electron chi connectivity index (χ0n) is 5.81. The lowest BCUT2D eigenvalue weighted by Gasteiger charge is -2.34. The molecule has 2 saturated heterocycles. The molecule has 2 aliphatic heterocycles. The van der Waals surface area contributed by atoms with Gasteiger partial charge in [0.2, 0.25) is 0 Å². The van der Waals surface area contributed by atoms with Crippen molar-refractivity contribution in [2.75, 3.05) is 0 Å². The highest BCUT2D eigenvalue weighted by Crippen LogP contribution is 2.30. The maximum atomic E-state index is 5.72. The standard InChI is InChI=1S/C8H14O/c1-3-7-5-2-6-8(4-1)9-7/h7-8H,1-6H2. The Hall–Kier alpha value is -0.0400. The van der Waals surface area contributed by atoms with Crippen LogP contribution in [0.25, 0.3) is 0 Å². The van der Waals surface area contributed by atoms with Gasteiger partial charge in [0.25, 0.3) is 0 Å². The van der Waals surface area contributed by atoms with Gasteiger partial charge in [-0.3, -0.25) is 0 Å². The topological polar surface area (TPSA) is 9.23 Å². The number of ether oxygens (including phenoxy) is 1. The van der Waals surface area contributed by atoms with Crippen LogP contribution in [0.2, 0.25) is 0 Å². The summed E-state index contributed by atoms with van der Waals surface area (Å²) in [7, 11) is 0. The Bertz CT molecular complexity index is 80.7. The molecule has 2 fully saturated rings. The van der Waals surface area contributed by atoms with Crippen LogP contribution in [-0.4, -0.2) is 12.2 Å². The first-order chi connectivity index (χ1) is 4.45. The van der Waals surface area contributed by atoms with E-state index < -0.39 is 0 Å². The molecule has 0 saturated carbocycles. The van der Waals surface area contributed by atoms with Crippen molar-refractivity contribution in [3.8, 4) is 0 Å². The second-order valence-corrected chi connectivity index (χ2v) is 3.24. The number of hydrogen-bond donors (Lipinski definition) is 0. The Morgan fingerprint density at radius 1 is 0.778 bits per heavy atom. The molecule has 1 nitrogen and oxygen atoms in total. The van der Waals surface area contributed by atoms with E-state index in [9.17, 15) is 0 Å². The van der Waals surface area contributed by atoms with E-state index >= 15 is 0 Å². The quantitative estimate of drug-likeness (QED) is 0.483. The molecule has 9 heavy (non-hydrogen) atoms. The number of fused-ring (bicyclic) bond motifs is 2. The van der Waals surface area contributed by atoms with E-state index in [2.05, 4.69) is 0 Å². The largest absolute Gasteiger partial charge is 0.375 e. The molecule has 2 bridgehead atoms. The fraction of sp³-hybridized carbons (Fsp3) is 1.00. The number of hydrogen-bond acceptors (Lipinski definition) is 1. The molecule has 0 atom stereocenters. The van der Waals surface area contributed by atoms with Crippen LogP contribution in [-0.2, 0) is 4.74 Å². The van der Waals surface area contributed by atoms with Crippen molar-refractivity contribution >= 4 is 0 Å². The summed E-state index contributed by atoms with van der Waals surface area (Å²) < 4.78 is 5.72. The summed E-state index contributed by atoms with van der Waals surface area (Å²) >= 11 is 0. The van der Waals surface area contributed by atoms with Gasteiger partial charge in [0.15, 0.2) is 0 Å². The van der Waals surface area contributed by atoms with Gasteiger partial charge in [-0.1, -0.05) is 0 Å². The van der Waals surface area contributed by atoms with Gasteiger partial charge in [-0.2, -0.15) is 0 Å². The second-order valence-electron chi connectivity index (χ2n) is 3.24. The molecule has 0 aromatic heterocycles. The van der Waals surface area contributed by atoms with Crippen LogP contribution in [0.5, 0.6) is 0 Å². The molecule has 52 valence electrons. The zero-order chi connectivity index (χ0) is 6.10. The van der Waals surface area contributed by atoms with Gasteiger partial charge in [-0.05, 0) is 38.5 Å². The van der Waals surface area contributed by atoms with Gasteiger partial charge in [0.1, 0.15) is 0 Å². The lowest BCUT2D eigenvalue weighted by atomic mass is 9.92. The van der Waals surface area contributed by atoms with Crippen LogP contribution in [0, 0.1) is 0 Å². The molecule has 0 unspecified atom stereocenters. The predicted octanol–water partition coefficient (Wildman–Crippen LogP) is 2.11. The Morgan fingerprint density at radius 3 is 1.56 bits per heavy atom. The van der Waals surface area contributed by atoms with Crippen LogP contribution in [0.1, 0.15) is 38.5 Å². The van der Waals surface area contributed by atoms with Gasteiger partial charge in [0, 0.05) is 0 Å². The first kappa shape index (κ1) is 5.72. The maximum absolute atomic E-state index is 5.72. The van der Waals surface area contributed by atoms with Crippen LogP contribution in [0.15, 0.2) is 0 Å². The summed E-state index contributed by atoms with van der Waals surface area (Å²) in [6.45, 7) is 0. The average Bonchev–Trinajstić information content (AvgIpc) is 1.88. The first-order valence-electron chi connectivity index (χ1n) is 4.10. The van der Waals surface area contributed by atoms with Crippen molar-refractivity contribution < 1.29 is 4.74 Å². The molecule has 0 aliphatic carbocycles. The van der Waals surface area contributed by atoms with E-state index in [0.717, 1.165) is 0 Å². The normalized spacial score (nSPS) is 42.7. The van der Waals surface area contributed by atoms with E-state index in [4.69, 9.17) is 4.74 Å². The fourth-order valence-electron chi connectivity index (χ4n) is 1.98. The third-order valence-electron chi connectivity index (χ3n) is 2.49. The highest BCUT2D eigenvalue weighted by atomic mass is 16.5. The molecular weight excluding hydrogens is 112 g/mol. The minimum atomic E-state index is 0.650. The summed E-state index contributed by atoms with van der Waals surface area (Å²) in [6, 6.07) is 0. The zero-order valence-corrected chi connectivity index (χ0v) is 5.81. The molecule has 0 spiro atoms. The molecule has 0 aromatic rings. The summed E-state index contributed by atoms with van der Waals surface area (Å²) in [5, 5.41) is 0. The van der Waals surface area contributed by atoms with E-state index in [-0.39, 0.29) is 0 Å².